The van der Waals surface area contributed by atoms with E-state index in [-0.39, 0.29) is 6.04 Å². The highest BCUT2D eigenvalue weighted by Gasteiger charge is 2.15. The summed E-state index contributed by atoms with van der Waals surface area (Å²) in [5.41, 5.74) is 10.8. The third-order valence-electron chi connectivity index (χ3n) is 3.96. The van der Waals surface area contributed by atoms with Gasteiger partial charge in [0.05, 0.1) is 12.8 Å². The number of nitrogens with two attached hydrogens (primary N) is 1. The molecular formula is C16H22ClN3O. The molecule has 2 rings (SSSR count). The lowest BCUT2D eigenvalue weighted by Crippen LogP contribution is -2.13. The molecule has 0 bridgehead atoms. The highest BCUT2D eigenvalue weighted by Crippen LogP contribution is 2.30. The van der Waals surface area contributed by atoms with Gasteiger partial charge in [0.25, 0.3) is 0 Å². The summed E-state index contributed by atoms with van der Waals surface area (Å²) >= 11 is 6.06. The van der Waals surface area contributed by atoms with E-state index < -0.39 is 0 Å². The van der Waals surface area contributed by atoms with E-state index in [1.807, 2.05) is 36.9 Å². The highest BCUT2D eigenvalue weighted by atomic mass is 35.5. The fourth-order valence-electron chi connectivity index (χ4n) is 2.63. The first-order valence-electron chi connectivity index (χ1n) is 7.02. The summed E-state index contributed by atoms with van der Waals surface area (Å²) in [6.07, 6.45) is 1.71. The van der Waals surface area contributed by atoms with Gasteiger partial charge in [-0.15, -0.1) is 0 Å². The van der Waals surface area contributed by atoms with Crippen molar-refractivity contribution in [2.45, 2.75) is 32.7 Å². The highest BCUT2D eigenvalue weighted by molar-refractivity contribution is 6.30. The molecule has 0 spiro atoms. The fraction of sp³-hybridized carbons (Fsp3) is 0.438. The number of hydrogen-bond donors (Lipinski definition) is 1. The second kappa shape index (κ2) is 6.50. The van der Waals surface area contributed by atoms with Crippen molar-refractivity contribution in [1.29, 1.82) is 0 Å². The molecule has 114 valence electrons. The number of rotatable bonds is 5. The Balaban J connectivity index is 2.15. The van der Waals surface area contributed by atoms with Gasteiger partial charge in [0.15, 0.2) is 0 Å². The van der Waals surface area contributed by atoms with Crippen molar-refractivity contribution < 1.29 is 4.74 Å². The van der Waals surface area contributed by atoms with Crippen molar-refractivity contribution in [3.8, 4) is 5.75 Å². The summed E-state index contributed by atoms with van der Waals surface area (Å²) in [4.78, 5) is 0. The molecule has 2 aromatic rings. The van der Waals surface area contributed by atoms with Crippen molar-refractivity contribution in [3.63, 3.8) is 0 Å². The Morgan fingerprint density at radius 2 is 2.10 bits per heavy atom. The van der Waals surface area contributed by atoms with Crippen LogP contribution >= 0.6 is 11.6 Å². The molecule has 0 saturated carbocycles. The second-order valence-corrected chi connectivity index (χ2v) is 5.74. The zero-order chi connectivity index (χ0) is 15.6. The molecular weight excluding hydrogens is 286 g/mol. The zero-order valence-electron chi connectivity index (χ0n) is 13.0. The van der Waals surface area contributed by atoms with Crippen LogP contribution in [-0.2, 0) is 13.5 Å². The average molecular weight is 308 g/mol. The Kier molecular flexibility index (Phi) is 4.91. The summed E-state index contributed by atoms with van der Waals surface area (Å²) in [5, 5.41) is 5.12. The maximum Gasteiger partial charge on any atom is 0.123 e. The molecule has 0 amide bonds. The second-order valence-electron chi connectivity index (χ2n) is 5.30. The van der Waals surface area contributed by atoms with Crippen molar-refractivity contribution in [1.82, 2.24) is 9.78 Å². The molecule has 0 fully saturated rings. The Morgan fingerprint density at radius 3 is 2.67 bits per heavy atom. The van der Waals surface area contributed by atoms with E-state index in [2.05, 4.69) is 12.0 Å². The van der Waals surface area contributed by atoms with Crippen LogP contribution < -0.4 is 10.5 Å². The standard InChI is InChI=1S/C16H22ClN3O/c1-10-13(11(2)20(3)19-10)6-7-15(18)14-9-12(17)5-8-16(14)21-4/h5,8-9,15H,6-7,18H2,1-4H3. The van der Waals surface area contributed by atoms with Crippen LogP contribution in [0.1, 0.15) is 35.0 Å². The maximum absolute atomic E-state index is 6.33. The Bertz CT molecular complexity index is 637. The molecule has 0 saturated heterocycles. The van der Waals surface area contributed by atoms with Crippen LogP contribution in [0.2, 0.25) is 5.02 Å². The monoisotopic (exact) mass is 307 g/mol. The number of hydrogen-bond acceptors (Lipinski definition) is 3. The fourth-order valence-corrected chi connectivity index (χ4v) is 2.81. The van der Waals surface area contributed by atoms with Crippen LogP contribution in [0.5, 0.6) is 5.75 Å². The topological polar surface area (TPSA) is 53.1 Å². The SMILES string of the molecule is COc1ccc(Cl)cc1C(N)CCc1c(C)nn(C)c1C. The molecule has 1 unspecified atom stereocenters. The summed E-state index contributed by atoms with van der Waals surface area (Å²) < 4.78 is 7.28. The Hall–Kier alpha value is -1.52. The molecule has 2 N–H and O–H groups in total. The molecule has 1 aromatic heterocycles. The predicted octanol–water partition coefficient (Wildman–Crippen LogP) is 3.33. The predicted molar refractivity (Wildman–Crippen MR) is 85.9 cm³/mol. The van der Waals surface area contributed by atoms with Crippen LogP contribution in [0.15, 0.2) is 18.2 Å². The van der Waals surface area contributed by atoms with E-state index >= 15 is 0 Å². The molecule has 0 aliphatic heterocycles. The summed E-state index contributed by atoms with van der Waals surface area (Å²) in [6.45, 7) is 4.12. The van der Waals surface area contributed by atoms with Gasteiger partial charge >= 0.3 is 0 Å². The molecule has 5 heteroatoms. The van der Waals surface area contributed by atoms with Crippen LogP contribution in [0, 0.1) is 13.8 Å². The van der Waals surface area contributed by atoms with Crippen molar-refractivity contribution in [2.75, 3.05) is 7.11 Å². The molecule has 1 atom stereocenters. The summed E-state index contributed by atoms with van der Waals surface area (Å²) in [5.74, 6) is 0.784. The molecule has 1 aromatic carbocycles. The van der Waals surface area contributed by atoms with E-state index in [0.29, 0.717) is 5.02 Å². The van der Waals surface area contributed by atoms with E-state index in [1.54, 1.807) is 7.11 Å². The Labute approximate surface area is 130 Å². The maximum atomic E-state index is 6.33. The average Bonchev–Trinajstić information content (AvgIpc) is 2.70. The van der Waals surface area contributed by atoms with E-state index in [9.17, 15) is 0 Å². The lowest BCUT2D eigenvalue weighted by atomic mass is 9.98. The minimum Gasteiger partial charge on any atom is -0.496 e. The molecule has 0 aliphatic carbocycles. The first-order valence-corrected chi connectivity index (χ1v) is 7.40. The molecule has 1 heterocycles. The third kappa shape index (κ3) is 3.39. The van der Waals surface area contributed by atoms with E-state index in [0.717, 1.165) is 29.8 Å². The van der Waals surface area contributed by atoms with Gasteiger partial charge in [-0.1, -0.05) is 11.6 Å². The quantitative estimate of drug-likeness (QED) is 0.922. The number of aryl methyl sites for hydroxylation is 2. The first-order chi connectivity index (χ1) is 9.93. The van der Waals surface area contributed by atoms with E-state index in [4.69, 9.17) is 22.1 Å². The lowest BCUT2D eigenvalue weighted by molar-refractivity contribution is 0.404. The number of benzene rings is 1. The largest absolute Gasteiger partial charge is 0.496 e. The normalized spacial score (nSPS) is 12.5. The first kappa shape index (κ1) is 15.9. The molecule has 21 heavy (non-hydrogen) atoms. The number of ether oxygens (including phenoxy) is 1. The van der Waals surface area contributed by atoms with Gasteiger partial charge in [0, 0.05) is 29.4 Å². The van der Waals surface area contributed by atoms with Gasteiger partial charge in [0.2, 0.25) is 0 Å². The van der Waals surface area contributed by atoms with E-state index in [1.165, 1.54) is 11.3 Å². The van der Waals surface area contributed by atoms with Crippen molar-refractivity contribution in [3.05, 3.63) is 45.7 Å². The van der Waals surface area contributed by atoms with Gasteiger partial charge < -0.3 is 10.5 Å². The molecule has 0 aliphatic rings. The van der Waals surface area contributed by atoms with Gasteiger partial charge in [-0.25, -0.2) is 0 Å². The molecule has 4 nitrogen and oxygen atoms in total. The van der Waals surface area contributed by atoms with Gasteiger partial charge in [0.1, 0.15) is 5.75 Å². The number of aromatic nitrogens is 2. The number of nitrogens with zero attached hydrogens (tertiary/aromatic N) is 2. The minimum atomic E-state index is -0.113. The number of halogens is 1. The smallest absolute Gasteiger partial charge is 0.123 e. The summed E-state index contributed by atoms with van der Waals surface area (Å²) in [7, 11) is 3.61. The van der Waals surface area contributed by atoms with Crippen molar-refractivity contribution >= 4 is 11.6 Å². The Morgan fingerprint density at radius 1 is 1.38 bits per heavy atom. The van der Waals surface area contributed by atoms with Crippen molar-refractivity contribution in [2.24, 2.45) is 12.8 Å². The van der Waals surface area contributed by atoms with Crippen LogP contribution in [0.25, 0.3) is 0 Å². The lowest BCUT2D eigenvalue weighted by Gasteiger charge is -2.16. The number of methoxy groups -OCH3 is 1. The summed E-state index contributed by atoms with van der Waals surface area (Å²) in [6, 6.07) is 5.44. The van der Waals surface area contributed by atoms with Crippen LogP contribution in [0.4, 0.5) is 0 Å². The van der Waals surface area contributed by atoms with Gasteiger partial charge in [-0.3, -0.25) is 4.68 Å². The third-order valence-corrected chi connectivity index (χ3v) is 4.19. The van der Waals surface area contributed by atoms with Gasteiger partial charge in [-0.05, 0) is 50.5 Å². The zero-order valence-corrected chi connectivity index (χ0v) is 13.7. The van der Waals surface area contributed by atoms with Crippen LogP contribution in [-0.4, -0.2) is 16.9 Å². The minimum absolute atomic E-state index is 0.113. The van der Waals surface area contributed by atoms with Gasteiger partial charge in [-0.2, -0.15) is 5.10 Å². The molecule has 0 radical (unpaired) electrons. The van der Waals surface area contributed by atoms with Crippen LogP contribution in [0.3, 0.4) is 0 Å².